The van der Waals surface area contributed by atoms with E-state index in [1.54, 1.807) is 19.1 Å². The van der Waals surface area contributed by atoms with Crippen LogP contribution in [-0.2, 0) is 25.9 Å². The van der Waals surface area contributed by atoms with E-state index in [1.807, 2.05) is 19.1 Å². The number of amides is 1. The van der Waals surface area contributed by atoms with Gasteiger partial charge in [-0.25, -0.2) is 0 Å². The van der Waals surface area contributed by atoms with Gasteiger partial charge in [0, 0.05) is 24.6 Å². The number of carbonyl (C=O) groups is 1. The second kappa shape index (κ2) is 11.5. The Morgan fingerprint density at radius 1 is 1.11 bits per heavy atom. The van der Waals surface area contributed by atoms with Crippen molar-refractivity contribution >= 4 is 23.0 Å². The van der Waals surface area contributed by atoms with Crippen LogP contribution in [0.4, 0.5) is 0 Å². The summed E-state index contributed by atoms with van der Waals surface area (Å²) in [6.07, 6.45) is 0.532. The molecule has 8 heteroatoms. The zero-order chi connectivity index (χ0) is 20.2. The smallest absolute Gasteiger partial charge is 0.273 e. The lowest BCUT2D eigenvalue weighted by Gasteiger charge is -2.10. The van der Waals surface area contributed by atoms with Gasteiger partial charge in [0.15, 0.2) is 5.71 Å². The molecular formula is C19H26N4O4. The quantitative estimate of drug-likeness (QED) is 0.387. The van der Waals surface area contributed by atoms with Crippen molar-refractivity contribution in [2.75, 3.05) is 21.3 Å². The fourth-order valence-electron chi connectivity index (χ4n) is 2.17. The number of hydrogen-bond donors (Lipinski definition) is 1. The Bertz CT molecular complexity index is 754. The summed E-state index contributed by atoms with van der Waals surface area (Å²) in [7, 11) is 4.38. The minimum atomic E-state index is -0.361. The second-order valence-electron chi connectivity index (χ2n) is 5.66. The first-order valence-corrected chi connectivity index (χ1v) is 8.27. The summed E-state index contributed by atoms with van der Waals surface area (Å²) in [4.78, 5) is 27.2. The van der Waals surface area contributed by atoms with Crippen LogP contribution in [0.2, 0.25) is 0 Å². The highest BCUT2D eigenvalue weighted by molar-refractivity contribution is 6.45. The van der Waals surface area contributed by atoms with Gasteiger partial charge in [0.25, 0.3) is 5.91 Å². The van der Waals surface area contributed by atoms with Gasteiger partial charge in [-0.05, 0) is 13.8 Å². The van der Waals surface area contributed by atoms with E-state index in [0.29, 0.717) is 23.4 Å². The molecule has 0 aromatic heterocycles. The number of likely N-dealkylation sites (N-methyl/N-ethyl adjacent to an activating group) is 1. The van der Waals surface area contributed by atoms with Crippen LogP contribution in [0.5, 0.6) is 0 Å². The molecule has 0 unspecified atom stereocenters. The molecular weight excluding hydrogens is 348 g/mol. The maximum absolute atomic E-state index is 12.1. The fourth-order valence-corrected chi connectivity index (χ4v) is 2.17. The van der Waals surface area contributed by atoms with Gasteiger partial charge in [0.05, 0.1) is 0 Å². The molecule has 1 rings (SSSR count). The van der Waals surface area contributed by atoms with Crippen LogP contribution in [-0.4, -0.2) is 44.3 Å². The summed E-state index contributed by atoms with van der Waals surface area (Å²) < 4.78 is 0. The third-order valence-corrected chi connectivity index (χ3v) is 3.41. The summed E-state index contributed by atoms with van der Waals surface area (Å²) in [6, 6.07) is 7.23. The molecule has 0 saturated carbocycles. The minimum absolute atomic E-state index is 0.139. The number of benzene rings is 1. The van der Waals surface area contributed by atoms with E-state index < -0.39 is 0 Å². The molecule has 0 atom stereocenters. The van der Waals surface area contributed by atoms with Gasteiger partial charge in [-0.1, -0.05) is 51.9 Å². The van der Waals surface area contributed by atoms with E-state index in [4.69, 9.17) is 14.5 Å². The average Bonchev–Trinajstić information content (AvgIpc) is 2.65. The standard InChI is InChI=1S/C19H26N4O4/c1-13(2)11-17(22-25-5)14(3)21-27-12-15-9-7-8-10-16(15)18(23-26-6)19(24)20-4/h7-10H,1,11-12H2,2-6H3,(H,20,24). The molecule has 1 aromatic rings. The highest BCUT2D eigenvalue weighted by atomic mass is 16.6. The lowest BCUT2D eigenvalue weighted by atomic mass is 10.0. The van der Waals surface area contributed by atoms with Crippen LogP contribution in [0.25, 0.3) is 0 Å². The molecule has 0 spiro atoms. The summed E-state index contributed by atoms with van der Waals surface area (Å²) in [5, 5.41) is 14.4. The van der Waals surface area contributed by atoms with Gasteiger partial charge in [-0.15, -0.1) is 0 Å². The van der Waals surface area contributed by atoms with E-state index in [1.165, 1.54) is 21.3 Å². The number of oxime groups is 3. The first-order valence-electron chi connectivity index (χ1n) is 8.27. The van der Waals surface area contributed by atoms with Crippen molar-refractivity contribution < 1.29 is 19.3 Å². The van der Waals surface area contributed by atoms with Crippen LogP contribution in [0, 0.1) is 0 Å². The molecule has 0 aliphatic rings. The van der Waals surface area contributed by atoms with Gasteiger partial charge in [0.1, 0.15) is 32.2 Å². The molecule has 146 valence electrons. The van der Waals surface area contributed by atoms with E-state index in [2.05, 4.69) is 27.4 Å². The van der Waals surface area contributed by atoms with E-state index in [0.717, 1.165) is 11.1 Å². The van der Waals surface area contributed by atoms with Gasteiger partial charge in [-0.2, -0.15) is 0 Å². The Balaban J connectivity index is 3.01. The van der Waals surface area contributed by atoms with Crippen molar-refractivity contribution in [3.05, 3.63) is 47.5 Å². The summed E-state index contributed by atoms with van der Waals surface area (Å²) >= 11 is 0. The van der Waals surface area contributed by atoms with Crippen molar-refractivity contribution in [2.24, 2.45) is 15.5 Å². The first-order chi connectivity index (χ1) is 12.9. The van der Waals surface area contributed by atoms with Crippen LogP contribution in [0.3, 0.4) is 0 Å². The minimum Gasteiger partial charge on any atom is -0.399 e. The normalized spacial score (nSPS) is 12.4. The van der Waals surface area contributed by atoms with Crippen LogP contribution >= 0.6 is 0 Å². The van der Waals surface area contributed by atoms with Crippen LogP contribution in [0.1, 0.15) is 31.4 Å². The zero-order valence-electron chi connectivity index (χ0n) is 16.4. The molecule has 1 amide bonds. The topological polar surface area (TPSA) is 93.9 Å². The summed E-state index contributed by atoms with van der Waals surface area (Å²) in [5.41, 5.74) is 3.62. The number of rotatable bonds is 10. The molecule has 1 N–H and O–H groups in total. The molecule has 0 heterocycles. The van der Waals surface area contributed by atoms with Crippen molar-refractivity contribution in [1.29, 1.82) is 0 Å². The van der Waals surface area contributed by atoms with Crippen molar-refractivity contribution in [1.82, 2.24) is 5.32 Å². The van der Waals surface area contributed by atoms with Crippen molar-refractivity contribution in [3.63, 3.8) is 0 Å². The maximum atomic E-state index is 12.1. The van der Waals surface area contributed by atoms with Gasteiger partial charge < -0.3 is 19.8 Å². The molecule has 0 bridgehead atoms. The Morgan fingerprint density at radius 3 is 2.37 bits per heavy atom. The lowest BCUT2D eigenvalue weighted by molar-refractivity contribution is -0.114. The predicted molar refractivity (Wildman–Crippen MR) is 106 cm³/mol. The van der Waals surface area contributed by atoms with Crippen LogP contribution < -0.4 is 5.32 Å². The molecule has 0 aliphatic carbocycles. The number of hydrogen-bond acceptors (Lipinski definition) is 7. The lowest BCUT2D eigenvalue weighted by Crippen LogP contribution is -2.29. The van der Waals surface area contributed by atoms with Gasteiger partial charge >= 0.3 is 0 Å². The van der Waals surface area contributed by atoms with Crippen molar-refractivity contribution in [2.45, 2.75) is 26.9 Å². The Kier molecular flexibility index (Phi) is 9.28. The number of nitrogens with one attached hydrogen (secondary N) is 1. The molecule has 0 radical (unpaired) electrons. The number of carbonyl (C=O) groups excluding carboxylic acids is 1. The maximum Gasteiger partial charge on any atom is 0.273 e. The Hall–Kier alpha value is -3.16. The van der Waals surface area contributed by atoms with E-state index in [9.17, 15) is 4.79 Å². The molecule has 8 nitrogen and oxygen atoms in total. The fraction of sp³-hybridized carbons (Fsp3) is 0.368. The highest BCUT2D eigenvalue weighted by Gasteiger charge is 2.17. The monoisotopic (exact) mass is 374 g/mol. The summed E-state index contributed by atoms with van der Waals surface area (Å²) in [5.74, 6) is -0.361. The molecule has 0 fully saturated rings. The largest absolute Gasteiger partial charge is 0.399 e. The third kappa shape index (κ3) is 6.93. The van der Waals surface area contributed by atoms with Crippen LogP contribution in [0.15, 0.2) is 51.9 Å². The number of nitrogens with zero attached hydrogens (tertiary/aromatic N) is 3. The van der Waals surface area contributed by atoms with Crippen molar-refractivity contribution in [3.8, 4) is 0 Å². The highest BCUT2D eigenvalue weighted by Crippen LogP contribution is 2.13. The molecule has 0 saturated heterocycles. The average molecular weight is 374 g/mol. The Labute approximate surface area is 159 Å². The SMILES string of the molecule is C=C(C)CC(=NOC)C(C)=NOCc1ccccc1C(=NOC)C(=O)NC. The summed E-state index contributed by atoms with van der Waals surface area (Å²) in [6.45, 7) is 7.67. The van der Waals surface area contributed by atoms with E-state index in [-0.39, 0.29) is 18.2 Å². The third-order valence-electron chi connectivity index (χ3n) is 3.41. The van der Waals surface area contributed by atoms with Gasteiger partial charge in [-0.3, -0.25) is 4.79 Å². The zero-order valence-corrected chi connectivity index (χ0v) is 16.4. The molecule has 0 aliphatic heterocycles. The molecule has 27 heavy (non-hydrogen) atoms. The van der Waals surface area contributed by atoms with E-state index >= 15 is 0 Å². The predicted octanol–water partition coefficient (Wildman–Crippen LogP) is 2.64. The van der Waals surface area contributed by atoms with Gasteiger partial charge in [0.2, 0.25) is 0 Å². The number of allylic oxidation sites excluding steroid dienone is 1. The second-order valence-corrected chi connectivity index (χ2v) is 5.66. The first kappa shape index (κ1) is 21.9. The molecule has 1 aromatic carbocycles. The Morgan fingerprint density at radius 2 is 1.78 bits per heavy atom.